The van der Waals surface area contributed by atoms with E-state index in [0.717, 1.165) is 44.2 Å². The standard InChI is InChI=1S/C24H23F3N4O4/c25-24(26,27)18-11-9-16(10-12-18)22-28-21(35-29-22)13-14-30(19-6-2-1-3-7-19)23(32)17-5-4-8-20(15-17)31(33)34/h4-5,8-12,15,19H,1-3,6-7,13-14H2. The van der Waals surface area contributed by atoms with Gasteiger partial charge in [0.1, 0.15) is 0 Å². The molecule has 3 aromatic rings. The van der Waals surface area contributed by atoms with Crippen molar-refractivity contribution >= 4 is 11.6 Å². The fourth-order valence-electron chi connectivity index (χ4n) is 4.26. The van der Waals surface area contributed by atoms with Gasteiger partial charge in [-0.3, -0.25) is 14.9 Å². The summed E-state index contributed by atoms with van der Waals surface area (Å²) in [6, 6.07) is 10.1. The molecule has 0 aliphatic heterocycles. The lowest BCUT2D eigenvalue weighted by Gasteiger charge is -2.34. The summed E-state index contributed by atoms with van der Waals surface area (Å²) < 4.78 is 43.6. The number of amides is 1. The number of nitrogens with zero attached hydrogens (tertiary/aromatic N) is 4. The summed E-state index contributed by atoms with van der Waals surface area (Å²) in [6.45, 7) is 0.265. The third-order valence-electron chi connectivity index (χ3n) is 6.09. The number of halogens is 3. The number of benzene rings is 2. The Morgan fingerprint density at radius 3 is 2.49 bits per heavy atom. The molecule has 1 aliphatic carbocycles. The van der Waals surface area contributed by atoms with Gasteiger partial charge in [0.25, 0.3) is 11.6 Å². The molecule has 2 aromatic carbocycles. The molecule has 0 N–H and O–H groups in total. The molecule has 1 aromatic heterocycles. The normalized spacial score (nSPS) is 14.6. The Bertz CT molecular complexity index is 1190. The van der Waals surface area contributed by atoms with Crippen LogP contribution in [0.15, 0.2) is 53.1 Å². The molecule has 0 atom stereocenters. The van der Waals surface area contributed by atoms with Crippen LogP contribution in [-0.2, 0) is 12.6 Å². The van der Waals surface area contributed by atoms with Crippen LogP contribution in [0.2, 0.25) is 0 Å². The average Bonchev–Trinajstić information content (AvgIpc) is 3.33. The number of rotatable bonds is 7. The number of hydrogen-bond donors (Lipinski definition) is 0. The highest BCUT2D eigenvalue weighted by atomic mass is 19.4. The molecule has 1 saturated carbocycles. The third kappa shape index (κ3) is 5.84. The van der Waals surface area contributed by atoms with Gasteiger partial charge in [0, 0.05) is 42.3 Å². The minimum Gasteiger partial charge on any atom is -0.339 e. The molecule has 1 heterocycles. The Kier molecular flexibility index (Phi) is 7.13. The van der Waals surface area contributed by atoms with Crippen molar-refractivity contribution in [3.05, 3.63) is 75.7 Å². The van der Waals surface area contributed by atoms with Crippen LogP contribution in [0.4, 0.5) is 18.9 Å². The summed E-state index contributed by atoms with van der Waals surface area (Å²) in [5.74, 6) is 0.0959. The maximum Gasteiger partial charge on any atom is 0.416 e. The van der Waals surface area contributed by atoms with E-state index >= 15 is 0 Å². The number of aromatic nitrogens is 2. The van der Waals surface area contributed by atoms with Crippen molar-refractivity contribution in [3.8, 4) is 11.4 Å². The van der Waals surface area contributed by atoms with Gasteiger partial charge in [-0.25, -0.2) is 0 Å². The second-order valence-electron chi connectivity index (χ2n) is 8.43. The summed E-state index contributed by atoms with van der Waals surface area (Å²) in [5.41, 5.74) is -0.309. The molecule has 35 heavy (non-hydrogen) atoms. The van der Waals surface area contributed by atoms with Crippen molar-refractivity contribution in [1.29, 1.82) is 0 Å². The number of alkyl halides is 3. The van der Waals surface area contributed by atoms with Crippen molar-refractivity contribution in [2.24, 2.45) is 0 Å². The number of nitro benzene ring substituents is 1. The zero-order chi connectivity index (χ0) is 25.0. The molecule has 1 aliphatic rings. The number of carbonyl (C=O) groups excluding carboxylic acids is 1. The first-order valence-corrected chi connectivity index (χ1v) is 11.3. The van der Waals surface area contributed by atoms with Gasteiger partial charge in [0.15, 0.2) is 0 Å². The topological polar surface area (TPSA) is 102 Å². The Morgan fingerprint density at radius 1 is 1.11 bits per heavy atom. The highest BCUT2D eigenvalue weighted by molar-refractivity contribution is 5.95. The predicted octanol–water partition coefficient (Wildman–Crippen LogP) is 5.68. The molecule has 0 bridgehead atoms. The van der Waals surface area contributed by atoms with E-state index in [-0.39, 0.29) is 47.9 Å². The molecule has 11 heteroatoms. The minimum absolute atomic E-state index is 0.00665. The van der Waals surface area contributed by atoms with E-state index in [1.54, 1.807) is 11.0 Å². The number of non-ortho nitro benzene ring substituents is 1. The van der Waals surface area contributed by atoms with Crippen LogP contribution in [0.25, 0.3) is 11.4 Å². The Balaban J connectivity index is 1.49. The summed E-state index contributed by atoms with van der Waals surface area (Å²) in [5, 5.41) is 15.0. The fraction of sp³-hybridized carbons (Fsp3) is 0.375. The smallest absolute Gasteiger partial charge is 0.339 e. The molecule has 0 unspecified atom stereocenters. The van der Waals surface area contributed by atoms with Crippen LogP contribution in [0.5, 0.6) is 0 Å². The van der Waals surface area contributed by atoms with Gasteiger partial charge >= 0.3 is 6.18 Å². The summed E-state index contributed by atoms with van der Waals surface area (Å²) in [4.78, 5) is 29.9. The van der Waals surface area contributed by atoms with E-state index in [1.165, 1.54) is 30.3 Å². The van der Waals surface area contributed by atoms with Crippen LogP contribution in [0.3, 0.4) is 0 Å². The third-order valence-corrected chi connectivity index (χ3v) is 6.09. The molecular weight excluding hydrogens is 465 g/mol. The van der Waals surface area contributed by atoms with Gasteiger partial charge in [0.2, 0.25) is 11.7 Å². The Labute approximate surface area is 198 Å². The lowest BCUT2D eigenvalue weighted by atomic mass is 9.93. The molecule has 0 spiro atoms. The Morgan fingerprint density at radius 2 is 1.83 bits per heavy atom. The monoisotopic (exact) mass is 488 g/mol. The van der Waals surface area contributed by atoms with Crippen LogP contribution in [0, 0.1) is 10.1 Å². The van der Waals surface area contributed by atoms with Crippen molar-refractivity contribution < 1.29 is 27.4 Å². The van der Waals surface area contributed by atoms with Gasteiger partial charge in [-0.05, 0) is 31.0 Å². The number of hydrogen-bond acceptors (Lipinski definition) is 6. The first-order valence-electron chi connectivity index (χ1n) is 11.3. The summed E-state index contributed by atoms with van der Waals surface area (Å²) >= 11 is 0. The Hall–Kier alpha value is -3.76. The van der Waals surface area contributed by atoms with Crippen molar-refractivity contribution in [3.63, 3.8) is 0 Å². The van der Waals surface area contributed by atoms with Crippen molar-refractivity contribution in [2.45, 2.75) is 50.7 Å². The van der Waals surface area contributed by atoms with E-state index in [0.29, 0.717) is 5.56 Å². The van der Waals surface area contributed by atoms with Gasteiger partial charge in [0.05, 0.1) is 10.5 Å². The van der Waals surface area contributed by atoms with Crippen molar-refractivity contribution in [2.75, 3.05) is 6.54 Å². The lowest BCUT2D eigenvalue weighted by molar-refractivity contribution is -0.384. The van der Waals surface area contributed by atoms with E-state index in [1.807, 2.05) is 0 Å². The predicted molar refractivity (Wildman–Crippen MR) is 119 cm³/mol. The highest BCUT2D eigenvalue weighted by Gasteiger charge is 2.30. The summed E-state index contributed by atoms with van der Waals surface area (Å²) in [7, 11) is 0. The van der Waals surface area contributed by atoms with E-state index in [2.05, 4.69) is 10.1 Å². The molecule has 1 amide bonds. The number of carbonyl (C=O) groups is 1. The zero-order valence-corrected chi connectivity index (χ0v) is 18.7. The second kappa shape index (κ2) is 10.2. The zero-order valence-electron chi connectivity index (χ0n) is 18.7. The largest absolute Gasteiger partial charge is 0.416 e. The highest BCUT2D eigenvalue weighted by Crippen LogP contribution is 2.30. The second-order valence-corrected chi connectivity index (χ2v) is 8.43. The maximum absolute atomic E-state index is 13.3. The van der Waals surface area contributed by atoms with Crippen LogP contribution in [0.1, 0.15) is 53.9 Å². The number of nitro groups is 1. The van der Waals surface area contributed by atoms with Crippen LogP contribution < -0.4 is 0 Å². The molecule has 0 saturated heterocycles. The fourth-order valence-corrected chi connectivity index (χ4v) is 4.26. The minimum atomic E-state index is -4.44. The summed E-state index contributed by atoms with van der Waals surface area (Å²) in [6.07, 6.45) is 0.544. The van der Waals surface area contributed by atoms with Gasteiger partial charge in [-0.2, -0.15) is 18.2 Å². The van der Waals surface area contributed by atoms with Crippen LogP contribution in [-0.4, -0.2) is 38.5 Å². The van der Waals surface area contributed by atoms with E-state index in [4.69, 9.17) is 4.52 Å². The molecule has 1 fully saturated rings. The van der Waals surface area contributed by atoms with Crippen LogP contribution >= 0.6 is 0 Å². The van der Waals surface area contributed by atoms with Crippen molar-refractivity contribution in [1.82, 2.24) is 15.0 Å². The van der Waals surface area contributed by atoms with Gasteiger partial charge in [-0.1, -0.05) is 42.6 Å². The molecule has 4 rings (SSSR count). The maximum atomic E-state index is 13.3. The quantitative estimate of drug-likeness (QED) is 0.313. The first-order chi connectivity index (χ1) is 16.7. The van der Waals surface area contributed by atoms with Gasteiger partial charge in [-0.15, -0.1) is 0 Å². The van der Waals surface area contributed by atoms with E-state index < -0.39 is 16.7 Å². The molecule has 184 valence electrons. The van der Waals surface area contributed by atoms with Gasteiger partial charge < -0.3 is 9.42 Å². The van der Waals surface area contributed by atoms with E-state index in [9.17, 15) is 28.1 Å². The SMILES string of the molecule is O=C(c1cccc([N+](=O)[O-])c1)N(CCc1nc(-c2ccc(C(F)(F)F)cc2)no1)C1CCCCC1. The molecule has 0 radical (unpaired) electrons. The lowest BCUT2D eigenvalue weighted by Crippen LogP contribution is -2.42. The first kappa shape index (κ1) is 24.4. The molecular formula is C24H23F3N4O4. The average molecular weight is 488 g/mol. The molecule has 8 nitrogen and oxygen atoms in total.